The van der Waals surface area contributed by atoms with Gasteiger partial charge in [-0.25, -0.2) is 4.79 Å². The van der Waals surface area contributed by atoms with Gasteiger partial charge in [0.2, 0.25) is 5.91 Å². The van der Waals surface area contributed by atoms with Crippen molar-refractivity contribution in [2.75, 3.05) is 32.8 Å². The van der Waals surface area contributed by atoms with Gasteiger partial charge in [-0.3, -0.25) is 4.79 Å². The highest BCUT2D eigenvalue weighted by atomic mass is 19.4. The average molecular weight is 523 g/mol. The number of fused-ring (bicyclic) bond motifs is 1. The van der Waals surface area contributed by atoms with Gasteiger partial charge < -0.3 is 25.2 Å². The Morgan fingerprint density at radius 1 is 1.19 bits per heavy atom. The molecule has 3 aliphatic heterocycles. The van der Waals surface area contributed by atoms with Gasteiger partial charge in [-0.2, -0.15) is 13.2 Å². The monoisotopic (exact) mass is 522 g/mol. The lowest BCUT2D eigenvalue weighted by molar-refractivity contribution is -0.147. The van der Waals surface area contributed by atoms with Crippen LogP contribution >= 0.6 is 0 Å². The van der Waals surface area contributed by atoms with Crippen LogP contribution in [0.2, 0.25) is 0 Å². The van der Waals surface area contributed by atoms with E-state index in [2.05, 4.69) is 24.5 Å². The van der Waals surface area contributed by atoms with E-state index in [1.165, 1.54) is 6.07 Å². The van der Waals surface area contributed by atoms with Crippen LogP contribution in [0.3, 0.4) is 0 Å². The number of hydrogen-bond donors (Lipinski definition) is 2. The Kier molecular flexibility index (Phi) is 7.17. The number of amides is 3. The SMILES string of the molecule is CC(C)[C@]1(C(=O)N2Cc3cc(C(F)(F)F)ccc3[C@@H](N3CCNC3=O)C2)CC[C@@H](NC2CCOCC2)C1. The molecule has 0 radical (unpaired) electrons. The number of nitrogens with one attached hydrogen (secondary N) is 2. The lowest BCUT2D eigenvalue weighted by atomic mass is 9.73. The second-order valence-electron chi connectivity index (χ2n) is 11.3. The number of nitrogens with zero attached hydrogens (tertiary/aromatic N) is 2. The predicted molar refractivity (Wildman–Crippen MR) is 132 cm³/mol. The van der Waals surface area contributed by atoms with E-state index in [0.29, 0.717) is 36.7 Å². The standard InChI is InChI=1S/C27H37F3N4O3/c1-17(2)26(8-5-21(14-26)32-20-6-11-37-12-7-20)24(35)33-15-18-13-19(27(28,29)30)3-4-22(18)23(16-33)34-10-9-31-25(34)36/h3-4,13,17,20-21,23,32H,5-12,14-16H2,1-2H3,(H,31,36)/t21-,23+,26+/m1/s1. The van der Waals surface area contributed by atoms with E-state index >= 15 is 0 Å². The summed E-state index contributed by atoms with van der Waals surface area (Å²) in [5.74, 6) is 0.0735. The summed E-state index contributed by atoms with van der Waals surface area (Å²) in [6.07, 6.45) is -0.212. The van der Waals surface area contributed by atoms with Crippen molar-refractivity contribution < 1.29 is 27.5 Å². The van der Waals surface area contributed by atoms with Crippen LogP contribution < -0.4 is 10.6 Å². The van der Waals surface area contributed by atoms with Crippen LogP contribution in [0.15, 0.2) is 18.2 Å². The number of ether oxygens (including phenoxy) is 1. The van der Waals surface area contributed by atoms with Gasteiger partial charge in [-0.05, 0) is 61.3 Å². The Morgan fingerprint density at radius 3 is 2.59 bits per heavy atom. The predicted octanol–water partition coefficient (Wildman–Crippen LogP) is 4.08. The summed E-state index contributed by atoms with van der Waals surface area (Å²) in [5.41, 5.74) is -0.156. The molecule has 1 saturated carbocycles. The van der Waals surface area contributed by atoms with Gasteiger partial charge in [0.05, 0.1) is 17.0 Å². The Hall–Kier alpha value is -2.33. The smallest absolute Gasteiger partial charge is 0.381 e. The maximum Gasteiger partial charge on any atom is 0.416 e. The maximum atomic E-state index is 14.3. The van der Waals surface area contributed by atoms with Crippen molar-refractivity contribution >= 4 is 11.9 Å². The number of alkyl halides is 3. The van der Waals surface area contributed by atoms with Crippen LogP contribution in [0, 0.1) is 11.3 Å². The van der Waals surface area contributed by atoms with Crippen LogP contribution in [-0.4, -0.2) is 66.7 Å². The molecule has 0 aromatic heterocycles. The van der Waals surface area contributed by atoms with E-state index in [4.69, 9.17) is 4.74 Å². The van der Waals surface area contributed by atoms with Gasteiger partial charge in [-0.1, -0.05) is 19.9 Å². The van der Waals surface area contributed by atoms with Gasteiger partial charge in [0.15, 0.2) is 0 Å². The zero-order chi connectivity index (χ0) is 26.4. The second kappa shape index (κ2) is 10.1. The van der Waals surface area contributed by atoms with Gasteiger partial charge >= 0.3 is 12.2 Å². The highest BCUT2D eigenvalue weighted by molar-refractivity contribution is 5.84. The molecule has 0 bridgehead atoms. The number of halogens is 3. The van der Waals surface area contributed by atoms with Crippen molar-refractivity contribution in [3.8, 4) is 0 Å². The largest absolute Gasteiger partial charge is 0.416 e. The van der Waals surface area contributed by atoms with E-state index in [1.54, 1.807) is 9.80 Å². The zero-order valence-corrected chi connectivity index (χ0v) is 21.6. The molecule has 1 aromatic carbocycles. The Labute approximate surface area is 216 Å². The molecule has 2 saturated heterocycles. The molecule has 3 amide bonds. The summed E-state index contributed by atoms with van der Waals surface area (Å²) in [4.78, 5) is 30.2. The minimum Gasteiger partial charge on any atom is -0.381 e. The molecule has 1 aromatic rings. The van der Waals surface area contributed by atoms with Crippen LogP contribution in [-0.2, 0) is 22.3 Å². The number of benzene rings is 1. The van der Waals surface area contributed by atoms with Crippen molar-refractivity contribution in [2.45, 2.75) is 76.8 Å². The fraction of sp³-hybridized carbons (Fsp3) is 0.704. The lowest BCUT2D eigenvalue weighted by Crippen LogP contribution is -2.52. The summed E-state index contributed by atoms with van der Waals surface area (Å²) in [5, 5.41) is 6.54. The molecular formula is C27H37F3N4O3. The molecule has 3 atom stereocenters. The first-order valence-electron chi connectivity index (χ1n) is 13.5. The first-order valence-corrected chi connectivity index (χ1v) is 13.5. The van der Waals surface area contributed by atoms with Crippen molar-refractivity contribution in [1.29, 1.82) is 0 Å². The summed E-state index contributed by atoms with van der Waals surface area (Å²) in [6.45, 7) is 6.98. The number of carbonyl (C=O) groups is 2. The Morgan fingerprint density at radius 2 is 1.95 bits per heavy atom. The summed E-state index contributed by atoms with van der Waals surface area (Å²) in [7, 11) is 0. The fourth-order valence-electron chi connectivity index (χ4n) is 6.72. The third kappa shape index (κ3) is 5.06. The quantitative estimate of drug-likeness (QED) is 0.612. The third-order valence-electron chi connectivity index (χ3n) is 8.91. The van der Waals surface area contributed by atoms with E-state index in [-0.39, 0.29) is 37.0 Å². The molecule has 1 aliphatic carbocycles. The molecule has 2 N–H and O–H groups in total. The maximum absolute atomic E-state index is 14.3. The van der Waals surface area contributed by atoms with Crippen molar-refractivity contribution in [1.82, 2.24) is 20.4 Å². The average Bonchev–Trinajstić information content (AvgIpc) is 3.49. The molecule has 5 rings (SSSR count). The molecule has 4 aliphatic rings. The van der Waals surface area contributed by atoms with Crippen LogP contribution in [0.4, 0.5) is 18.0 Å². The number of urea groups is 1. The van der Waals surface area contributed by atoms with E-state index in [0.717, 1.165) is 51.0 Å². The van der Waals surface area contributed by atoms with E-state index in [9.17, 15) is 22.8 Å². The molecule has 10 heteroatoms. The first-order chi connectivity index (χ1) is 17.6. The summed E-state index contributed by atoms with van der Waals surface area (Å²) in [6, 6.07) is 3.61. The Bertz CT molecular complexity index is 1030. The minimum absolute atomic E-state index is 0.00792. The molecule has 0 unspecified atom stereocenters. The Balaban J connectivity index is 1.42. The van der Waals surface area contributed by atoms with Gasteiger partial charge in [0.25, 0.3) is 0 Å². The lowest BCUT2D eigenvalue weighted by Gasteiger charge is -2.44. The van der Waals surface area contributed by atoms with Crippen molar-refractivity contribution in [3.05, 3.63) is 34.9 Å². The molecule has 37 heavy (non-hydrogen) atoms. The van der Waals surface area contributed by atoms with Crippen LogP contribution in [0.25, 0.3) is 0 Å². The van der Waals surface area contributed by atoms with Crippen LogP contribution in [0.5, 0.6) is 0 Å². The number of carbonyl (C=O) groups excluding carboxylic acids is 2. The fourth-order valence-corrected chi connectivity index (χ4v) is 6.72. The summed E-state index contributed by atoms with van der Waals surface area (Å²) < 4.78 is 46.1. The minimum atomic E-state index is -4.48. The molecule has 7 nitrogen and oxygen atoms in total. The van der Waals surface area contributed by atoms with Gasteiger partial charge in [0, 0.05) is 51.5 Å². The number of hydrogen-bond acceptors (Lipinski definition) is 4. The van der Waals surface area contributed by atoms with Gasteiger partial charge in [0.1, 0.15) is 0 Å². The van der Waals surface area contributed by atoms with E-state index in [1.807, 2.05) is 0 Å². The van der Waals surface area contributed by atoms with Crippen molar-refractivity contribution in [2.24, 2.45) is 11.3 Å². The molecule has 204 valence electrons. The number of rotatable bonds is 5. The highest BCUT2D eigenvalue weighted by Crippen LogP contribution is 2.48. The van der Waals surface area contributed by atoms with Crippen LogP contribution in [0.1, 0.15) is 68.7 Å². The molecule has 0 spiro atoms. The normalized spacial score (nSPS) is 29.1. The van der Waals surface area contributed by atoms with Crippen molar-refractivity contribution in [3.63, 3.8) is 0 Å². The zero-order valence-electron chi connectivity index (χ0n) is 21.6. The molecule has 3 heterocycles. The van der Waals surface area contributed by atoms with Gasteiger partial charge in [-0.15, -0.1) is 0 Å². The van der Waals surface area contributed by atoms with E-state index < -0.39 is 23.2 Å². The third-order valence-corrected chi connectivity index (χ3v) is 8.91. The molecular weight excluding hydrogens is 485 g/mol. The second-order valence-corrected chi connectivity index (χ2v) is 11.3. The molecule has 3 fully saturated rings. The highest BCUT2D eigenvalue weighted by Gasteiger charge is 2.51. The summed E-state index contributed by atoms with van der Waals surface area (Å²) >= 11 is 0. The topological polar surface area (TPSA) is 73.9 Å². The first kappa shape index (κ1) is 26.3.